The third-order valence-corrected chi connectivity index (χ3v) is 7.20. The molecule has 0 spiro atoms. The zero-order chi connectivity index (χ0) is 19.2. The Morgan fingerprint density at radius 1 is 0.931 bits per heavy atom. The van der Waals surface area contributed by atoms with Crippen molar-refractivity contribution in [3.8, 4) is 0 Å². The summed E-state index contributed by atoms with van der Waals surface area (Å²) in [5, 5.41) is 3.70. The summed E-state index contributed by atoms with van der Waals surface area (Å²) in [6.45, 7) is 7.06. The highest BCUT2D eigenvalue weighted by atomic mass is 127. The summed E-state index contributed by atoms with van der Waals surface area (Å²) in [4.78, 5) is 9.72. The Balaban J connectivity index is 0.00000240. The molecule has 4 fully saturated rings. The van der Waals surface area contributed by atoms with Gasteiger partial charge in [-0.15, -0.1) is 24.0 Å². The fourth-order valence-corrected chi connectivity index (χ4v) is 5.60. The number of halogens is 1. The average Bonchev–Trinajstić information content (AvgIpc) is 3.42. The van der Waals surface area contributed by atoms with Crippen LogP contribution in [0.5, 0.6) is 0 Å². The number of hydrogen-bond acceptors (Lipinski definition) is 4. The Morgan fingerprint density at radius 2 is 1.76 bits per heavy atom. The third kappa shape index (κ3) is 6.43. The molecule has 7 heteroatoms. The number of rotatable bonds is 5. The first-order valence-corrected chi connectivity index (χ1v) is 11.8. The van der Waals surface area contributed by atoms with E-state index in [4.69, 9.17) is 9.47 Å². The van der Waals surface area contributed by atoms with Crippen molar-refractivity contribution < 1.29 is 9.47 Å². The van der Waals surface area contributed by atoms with Gasteiger partial charge in [-0.25, -0.2) is 0 Å². The number of hydrogen-bond donors (Lipinski definition) is 1. The predicted octanol–water partition coefficient (Wildman–Crippen LogP) is 3.10. The van der Waals surface area contributed by atoms with Crippen molar-refractivity contribution in [1.29, 1.82) is 0 Å². The predicted molar refractivity (Wildman–Crippen MR) is 128 cm³/mol. The molecule has 0 aromatic heterocycles. The van der Waals surface area contributed by atoms with Crippen LogP contribution in [0.4, 0.5) is 0 Å². The van der Waals surface area contributed by atoms with Crippen molar-refractivity contribution in [2.75, 3.05) is 53.0 Å². The Kier molecular flexibility index (Phi) is 9.78. The van der Waals surface area contributed by atoms with Crippen LogP contribution in [0.25, 0.3) is 0 Å². The molecule has 4 rings (SSSR count). The van der Waals surface area contributed by atoms with Crippen LogP contribution in [0.1, 0.15) is 57.8 Å². The van der Waals surface area contributed by atoms with Gasteiger partial charge >= 0.3 is 0 Å². The molecule has 0 bridgehead atoms. The van der Waals surface area contributed by atoms with E-state index in [1.54, 1.807) is 0 Å². The summed E-state index contributed by atoms with van der Waals surface area (Å²) < 4.78 is 11.9. The molecule has 0 amide bonds. The van der Waals surface area contributed by atoms with Crippen LogP contribution in [-0.4, -0.2) is 87.0 Å². The van der Waals surface area contributed by atoms with Gasteiger partial charge in [0.25, 0.3) is 0 Å². The van der Waals surface area contributed by atoms with E-state index in [0.29, 0.717) is 6.04 Å². The molecule has 3 aliphatic heterocycles. The quantitative estimate of drug-likeness (QED) is 0.343. The molecule has 29 heavy (non-hydrogen) atoms. The fraction of sp³-hybridized carbons (Fsp3) is 0.955. The van der Waals surface area contributed by atoms with Gasteiger partial charge in [0.05, 0.1) is 12.7 Å². The molecule has 0 radical (unpaired) electrons. The molecule has 168 valence electrons. The van der Waals surface area contributed by atoms with Gasteiger partial charge in [-0.3, -0.25) is 9.89 Å². The Labute approximate surface area is 194 Å². The molecule has 6 nitrogen and oxygen atoms in total. The van der Waals surface area contributed by atoms with Crippen LogP contribution < -0.4 is 5.32 Å². The van der Waals surface area contributed by atoms with Crippen molar-refractivity contribution in [3.63, 3.8) is 0 Å². The summed E-state index contributed by atoms with van der Waals surface area (Å²) in [5.74, 6) is 1.97. The standard InChI is InChI=1S/C22H40N4O2.HI/c1-23-22(26-12-14-28-21(17-26)20-10-6-13-27-20)24-15-19-9-5-11-25(19)16-18-7-3-2-4-8-18;/h18-21H,2-17H2,1H3,(H,23,24);1H. The van der Waals surface area contributed by atoms with Crippen LogP contribution in [-0.2, 0) is 9.47 Å². The lowest BCUT2D eigenvalue weighted by Crippen LogP contribution is -2.54. The summed E-state index contributed by atoms with van der Waals surface area (Å²) in [6, 6.07) is 0.661. The number of aliphatic imine (C=N–C) groups is 1. The SMILES string of the molecule is CN=C(NCC1CCCN1CC1CCCCC1)N1CCOC(C2CCCO2)C1.I. The smallest absolute Gasteiger partial charge is 0.193 e. The number of nitrogens with one attached hydrogen (secondary N) is 1. The summed E-state index contributed by atoms with van der Waals surface area (Å²) in [7, 11) is 1.91. The highest BCUT2D eigenvalue weighted by molar-refractivity contribution is 14.0. The third-order valence-electron chi connectivity index (χ3n) is 7.20. The number of ether oxygens (including phenoxy) is 2. The average molecular weight is 521 g/mol. The molecule has 3 atom stereocenters. The van der Waals surface area contributed by atoms with Crippen LogP contribution in [0.2, 0.25) is 0 Å². The molecule has 3 heterocycles. The first-order valence-electron chi connectivity index (χ1n) is 11.8. The molecule has 1 saturated carbocycles. The Hall–Kier alpha value is -0.120. The lowest BCUT2D eigenvalue weighted by Gasteiger charge is -2.38. The lowest BCUT2D eigenvalue weighted by atomic mass is 9.89. The van der Waals surface area contributed by atoms with E-state index < -0.39 is 0 Å². The number of morpholine rings is 1. The van der Waals surface area contributed by atoms with Gasteiger partial charge in [-0.1, -0.05) is 19.3 Å². The van der Waals surface area contributed by atoms with E-state index in [0.717, 1.165) is 57.6 Å². The highest BCUT2D eigenvalue weighted by Gasteiger charge is 2.33. The number of likely N-dealkylation sites (tertiary alicyclic amines) is 1. The second-order valence-electron chi connectivity index (χ2n) is 9.13. The molecule has 3 unspecified atom stereocenters. The normalized spacial score (nSPS) is 32.4. The van der Waals surface area contributed by atoms with Gasteiger partial charge in [-0.2, -0.15) is 0 Å². The van der Waals surface area contributed by atoms with Gasteiger partial charge in [0.15, 0.2) is 5.96 Å². The van der Waals surface area contributed by atoms with Gasteiger partial charge in [0.2, 0.25) is 0 Å². The van der Waals surface area contributed by atoms with Crippen molar-refractivity contribution >= 4 is 29.9 Å². The molecule has 3 saturated heterocycles. The van der Waals surface area contributed by atoms with Crippen LogP contribution in [0.15, 0.2) is 4.99 Å². The summed E-state index contributed by atoms with van der Waals surface area (Å²) >= 11 is 0. The molecular formula is C22H41IN4O2. The molecule has 0 aromatic rings. The summed E-state index contributed by atoms with van der Waals surface area (Å²) in [5.41, 5.74) is 0. The molecule has 0 aromatic carbocycles. The second kappa shape index (κ2) is 12.1. The fourth-order valence-electron chi connectivity index (χ4n) is 5.60. The van der Waals surface area contributed by atoms with Gasteiger partial charge in [0, 0.05) is 45.9 Å². The van der Waals surface area contributed by atoms with E-state index in [2.05, 4.69) is 20.1 Å². The van der Waals surface area contributed by atoms with E-state index >= 15 is 0 Å². The minimum Gasteiger partial charge on any atom is -0.375 e. The van der Waals surface area contributed by atoms with E-state index in [9.17, 15) is 0 Å². The monoisotopic (exact) mass is 520 g/mol. The summed E-state index contributed by atoms with van der Waals surface area (Å²) in [6.07, 6.45) is 12.6. The maximum Gasteiger partial charge on any atom is 0.193 e. The molecule has 1 aliphatic carbocycles. The van der Waals surface area contributed by atoms with Crippen molar-refractivity contribution in [3.05, 3.63) is 0 Å². The first-order chi connectivity index (χ1) is 13.8. The number of guanidine groups is 1. The van der Waals surface area contributed by atoms with Gasteiger partial charge < -0.3 is 19.7 Å². The van der Waals surface area contributed by atoms with Crippen LogP contribution in [0, 0.1) is 5.92 Å². The van der Waals surface area contributed by atoms with Crippen molar-refractivity contribution in [2.24, 2.45) is 10.9 Å². The zero-order valence-electron chi connectivity index (χ0n) is 18.2. The molecule has 1 N–H and O–H groups in total. The zero-order valence-corrected chi connectivity index (χ0v) is 20.5. The Morgan fingerprint density at radius 3 is 2.52 bits per heavy atom. The largest absolute Gasteiger partial charge is 0.375 e. The minimum atomic E-state index is 0. The van der Waals surface area contributed by atoms with Gasteiger partial charge in [0.1, 0.15) is 6.10 Å². The second-order valence-corrected chi connectivity index (χ2v) is 9.13. The van der Waals surface area contributed by atoms with Crippen molar-refractivity contribution in [1.82, 2.24) is 15.1 Å². The Bertz CT molecular complexity index is 509. The minimum absolute atomic E-state index is 0. The van der Waals surface area contributed by atoms with E-state index in [1.807, 2.05) is 7.05 Å². The van der Waals surface area contributed by atoms with E-state index in [1.165, 1.54) is 58.0 Å². The highest BCUT2D eigenvalue weighted by Crippen LogP contribution is 2.27. The van der Waals surface area contributed by atoms with Crippen LogP contribution >= 0.6 is 24.0 Å². The number of nitrogens with zero attached hydrogens (tertiary/aromatic N) is 3. The lowest BCUT2D eigenvalue weighted by molar-refractivity contribution is -0.0817. The van der Waals surface area contributed by atoms with Crippen molar-refractivity contribution in [2.45, 2.75) is 76.0 Å². The molecule has 4 aliphatic rings. The topological polar surface area (TPSA) is 49.3 Å². The molecular weight excluding hydrogens is 479 g/mol. The first kappa shape index (κ1) is 23.5. The maximum atomic E-state index is 6.01. The van der Waals surface area contributed by atoms with Crippen LogP contribution in [0.3, 0.4) is 0 Å². The van der Waals surface area contributed by atoms with E-state index in [-0.39, 0.29) is 36.2 Å². The van der Waals surface area contributed by atoms with Gasteiger partial charge in [-0.05, 0) is 51.0 Å². The maximum absolute atomic E-state index is 6.01.